The van der Waals surface area contributed by atoms with E-state index >= 15 is 0 Å². The van der Waals surface area contributed by atoms with E-state index in [1.807, 2.05) is 6.92 Å². The number of aliphatic carboxylic acids is 1. The summed E-state index contributed by atoms with van der Waals surface area (Å²) >= 11 is 0. The number of amides is 2. The maximum atomic E-state index is 12.2. The average Bonchev–Trinajstić information content (AvgIpc) is 2.82. The number of nitrogens with one attached hydrogen (secondary N) is 1. The molecule has 0 saturated carbocycles. The fourth-order valence-electron chi connectivity index (χ4n) is 2.88. The van der Waals surface area contributed by atoms with Crippen molar-refractivity contribution in [3.63, 3.8) is 0 Å². The minimum atomic E-state index is -1.07. The first-order valence-corrected chi connectivity index (χ1v) is 7.04. The molecule has 0 aromatic rings. The molecule has 2 heterocycles. The van der Waals surface area contributed by atoms with E-state index in [1.165, 1.54) is 4.90 Å². The zero-order valence-electron chi connectivity index (χ0n) is 11.6. The highest BCUT2D eigenvalue weighted by atomic mass is 16.5. The molecule has 2 saturated heterocycles. The largest absolute Gasteiger partial charge is 0.480 e. The molecule has 7 nitrogen and oxygen atoms in total. The monoisotopic (exact) mass is 286 g/mol. The quantitative estimate of drug-likeness (QED) is 0.680. The summed E-state index contributed by atoms with van der Waals surface area (Å²) in [6, 6.07) is -1.38. The van der Waals surface area contributed by atoms with Gasteiger partial charge in [-0.1, -0.05) is 0 Å². The van der Waals surface area contributed by atoms with Crippen LogP contribution in [0.25, 0.3) is 0 Å². The molecule has 114 valence electrons. The van der Waals surface area contributed by atoms with Crippen LogP contribution in [0.4, 0.5) is 4.79 Å². The zero-order valence-corrected chi connectivity index (χ0v) is 11.6. The van der Waals surface area contributed by atoms with Gasteiger partial charge in [0.2, 0.25) is 0 Å². The van der Waals surface area contributed by atoms with Gasteiger partial charge in [0.15, 0.2) is 0 Å². The van der Waals surface area contributed by atoms with Crippen LogP contribution in [0.15, 0.2) is 0 Å². The van der Waals surface area contributed by atoms with Crippen molar-refractivity contribution in [2.45, 2.75) is 44.4 Å². The van der Waals surface area contributed by atoms with Crippen LogP contribution in [-0.4, -0.2) is 65.1 Å². The van der Waals surface area contributed by atoms with E-state index in [2.05, 4.69) is 5.32 Å². The predicted octanol–water partition coefficient (Wildman–Crippen LogP) is 0.0309. The summed E-state index contributed by atoms with van der Waals surface area (Å²) in [5, 5.41) is 21.5. The van der Waals surface area contributed by atoms with Crippen LogP contribution in [0, 0.1) is 5.92 Å². The summed E-state index contributed by atoms with van der Waals surface area (Å²) in [5.74, 6) is -0.723. The molecule has 0 aromatic carbocycles. The first-order chi connectivity index (χ1) is 9.49. The SMILES string of the molecule is CC(NC(=O)N1C[C@H](O)C[C@H]1C(=O)O)C1CCOCC1. The Labute approximate surface area is 117 Å². The number of hydrogen-bond acceptors (Lipinski definition) is 4. The molecule has 1 unspecified atom stereocenters. The van der Waals surface area contributed by atoms with Crippen LogP contribution in [0.2, 0.25) is 0 Å². The number of carbonyl (C=O) groups is 2. The van der Waals surface area contributed by atoms with Crippen LogP contribution in [0.3, 0.4) is 0 Å². The molecule has 2 aliphatic heterocycles. The smallest absolute Gasteiger partial charge is 0.326 e. The van der Waals surface area contributed by atoms with E-state index in [-0.39, 0.29) is 19.0 Å². The Bertz CT molecular complexity index is 370. The molecule has 7 heteroatoms. The molecule has 3 atom stereocenters. The number of hydrogen-bond donors (Lipinski definition) is 3. The highest BCUT2D eigenvalue weighted by Crippen LogP contribution is 2.21. The fourth-order valence-corrected chi connectivity index (χ4v) is 2.88. The van der Waals surface area contributed by atoms with E-state index in [4.69, 9.17) is 9.84 Å². The third-order valence-electron chi connectivity index (χ3n) is 4.15. The van der Waals surface area contributed by atoms with Gasteiger partial charge in [0, 0.05) is 32.2 Å². The third-order valence-corrected chi connectivity index (χ3v) is 4.15. The van der Waals surface area contributed by atoms with Gasteiger partial charge in [0.1, 0.15) is 6.04 Å². The molecule has 2 amide bonds. The van der Waals surface area contributed by atoms with Gasteiger partial charge in [0.25, 0.3) is 0 Å². The number of β-amino-alcohol motifs (C(OH)–C–C–N with tert-alkyl or cyclic N) is 1. The number of urea groups is 1. The first-order valence-electron chi connectivity index (χ1n) is 7.04. The Kier molecular flexibility index (Phi) is 4.82. The van der Waals surface area contributed by atoms with E-state index in [0.717, 1.165) is 12.8 Å². The van der Waals surface area contributed by atoms with Crippen molar-refractivity contribution >= 4 is 12.0 Å². The number of aliphatic hydroxyl groups is 1. The lowest BCUT2D eigenvalue weighted by Crippen LogP contribution is -2.50. The highest BCUT2D eigenvalue weighted by Gasteiger charge is 2.39. The van der Waals surface area contributed by atoms with Gasteiger partial charge in [-0.15, -0.1) is 0 Å². The highest BCUT2D eigenvalue weighted by molar-refractivity contribution is 5.83. The van der Waals surface area contributed by atoms with Crippen molar-refractivity contribution in [2.24, 2.45) is 5.92 Å². The fraction of sp³-hybridized carbons (Fsp3) is 0.846. The van der Waals surface area contributed by atoms with Gasteiger partial charge in [-0.3, -0.25) is 0 Å². The van der Waals surface area contributed by atoms with Crippen molar-refractivity contribution in [1.82, 2.24) is 10.2 Å². The van der Waals surface area contributed by atoms with Crippen LogP contribution in [0.5, 0.6) is 0 Å². The van der Waals surface area contributed by atoms with Crippen molar-refractivity contribution in [3.8, 4) is 0 Å². The molecular formula is C13H22N2O5. The number of aliphatic hydroxyl groups excluding tert-OH is 1. The maximum absolute atomic E-state index is 12.2. The Morgan fingerprint density at radius 1 is 1.35 bits per heavy atom. The molecule has 20 heavy (non-hydrogen) atoms. The first kappa shape index (κ1) is 15.1. The van der Waals surface area contributed by atoms with Crippen LogP contribution in [0.1, 0.15) is 26.2 Å². The van der Waals surface area contributed by atoms with E-state index in [0.29, 0.717) is 19.1 Å². The molecule has 2 rings (SSSR count). The van der Waals surface area contributed by atoms with Gasteiger partial charge in [-0.2, -0.15) is 0 Å². The Hall–Kier alpha value is -1.34. The Morgan fingerprint density at radius 3 is 2.60 bits per heavy atom. The van der Waals surface area contributed by atoms with E-state index in [1.54, 1.807) is 0 Å². The van der Waals surface area contributed by atoms with Crippen LogP contribution in [-0.2, 0) is 9.53 Å². The third kappa shape index (κ3) is 3.40. The summed E-state index contributed by atoms with van der Waals surface area (Å²) < 4.78 is 5.28. The van der Waals surface area contributed by atoms with Gasteiger partial charge in [0.05, 0.1) is 6.10 Å². The van der Waals surface area contributed by atoms with E-state index in [9.17, 15) is 14.7 Å². The number of carbonyl (C=O) groups excluding carboxylic acids is 1. The molecule has 3 N–H and O–H groups in total. The number of carboxylic acids is 1. The Balaban J connectivity index is 1.91. The number of likely N-dealkylation sites (tertiary alicyclic amines) is 1. The molecule has 0 aromatic heterocycles. The van der Waals surface area contributed by atoms with Gasteiger partial charge < -0.3 is 25.2 Å². The summed E-state index contributed by atoms with van der Waals surface area (Å²) in [5.41, 5.74) is 0. The Morgan fingerprint density at radius 2 is 2.00 bits per heavy atom. The minimum Gasteiger partial charge on any atom is -0.480 e. The number of ether oxygens (including phenoxy) is 1. The topological polar surface area (TPSA) is 99.1 Å². The van der Waals surface area contributed by atoms with E-state index < -0.39 is 24.1 Å². The van der Waals surface area contributed by atoms with Crippen molar-refractivity contribution in [3.05, 3.63) is 0 Å². The van der Waals surface area contributed by atoms with Gasteiger partial charge in [-0.05, 0) is 25.7 Å². The maximum Gasteiger partial charge on any atom is 0.326 e. The van der Waals surface area contributed by atoms with Gasteiger partial charge >= 0.3 is 12.0 Å². The lowest BCUT2D eigenvalue weighted by atomic mass is 9.93. The standard InChI is InChI=1S/C13H22N2O5/c1-8(9-2-4-20-5-3-9)14-13(19)15-7-10(16)6-11(15)12(17)18/h8-11,16H,2-7H2,1H3,(H,14,19)(H,17,18)/t8?,10-,11+/m1/s1. The summed E-state index contributed by atoms with van der Waals surface area (Å²) in [6.45, 7) is 3.40. The normalized spacial score (nSPS) is 29.2. The summed E-state index contributed by atoms with van der Waals surface area (Å²) in [4.78, 5) is 24.5. The molecule has 2 aliphatic rings. The lowest BCUT2D eigenvalue weighted by molar-refractivity contribution is -0.141. The lowest BCUT2D eigenvalue weighted by Gasteiger charge is -2.30. The van der Waals surface area contributed by atoms with Crippen molar-refractivity contribution in [2.75, 3.05) is 19.8 Å². The van der Waals surface area contributed by atoms with Gasteiger partial charge in [-0.25, -0.2) is 9.59 Å². The summed E-state index contributed by atoms with van der Waals surface area (Å²) in [7, 11) is 0. The number of nitrogens with zero attached hydrogens (tertiary/aromatic N) is 1. The zero-order chi connectivity index (χ0) is 14.7. The number of carboxylic acid groups (broad SMARTS) is 1. The second-order valence-electron chi connectivity index (χ2n) is 5.58. The summed E-state index contributed by atoms with van der Waals surface area (Å²) in [6.07, 6.45) is 1.12. The molecular weight excluding hydrogens is 264 g/mol. The molecule has 0 aliphatic carbocycles. The average molecular weight is 286 g/mol. The van der Waals surface area contributed by atoms with Crippen molar-refractivity contribution < 1.29 is 24.5 Å². The molecule has 0 spiro atoms. The molecule has 0 bridgehead atoms. The molecule has 2 fully saturated rings. The number of rotatable bonds is 3. The van der Waals surface area contributed by atoms with Crippen LogP contribution >= 0.6 is 0 Å². The second-order valence-corrected chi connectivity index (χ2v) is 5.58. The predicted molar refractivity (Wildman–Crippen MR) is 70.3 cm³/mol. The molecule has 0 radical (unpaired) electrons. The van der Waals surface area contributed by atoms with Crippen molar-refractivity contribution in [1.29, 1.82) is 0 Å². The minimum absolute atomic E-state index is 0.0291. The second kappa shape index (κ2) is 6.41. The van der Waals surface area contributed by atoms with Crippen LogP contribution < -0.4 is 5.32 Å².